The molecule has 2 aromatic rings. The molecule has 0 aliphatic heterocycles. The average molecular weight is 395 g/mol. The molecule has 1 saturated carbocycles. The molecule has 0 radical (unpaired) electrons. The van der Waals surface area contributed by atoms with Crippen LogP contribution in [0.4, 0.5) is 5.82 Å². The molecule has 1 aromatic heterocycles. The molecule has 0 bridgehead atoms. The van der Waals surface area contributed by atoms with Crippen molar-refractivity contribution in [1.82, 2.24) is 9.88 Å². The van der Waals surface area contributed by atoms with E-state index in [9.17, 15) is 15.2 Å². The summed E-state index contributed by atoms with van der Waals surface area (Å²) in [6.07, 6.45) is 5.25. The zero-order chi connectivity index (χ0) is 21.0. The summed E-state index contributed by atoms with van der Waals surface area (Å²) in [7, 11) is 0. The molecule has 0 spiro atoms. The highest BCUT2D eigenvalue weighted by atomic mass is 16.3. The molecule has 29 heavy (non-hydrogen) atoms. The molecule has 6 heteroatoms. The van der Waals surface area contributed by atoms with Crippen LogP contribution >= 0.6 is 0 Å². The van der Waals surface area contributed by atoms with Crippen molar-refractivity contribution < 1.29 is 9.90 Å². The van der Waals surface area contributed by atoms with Crippen molar-refractivity contribution >= 4 is 11.7 Å². The topological polar surface area (TPSA) is 90.1 Å². The first kappa shape index (κ1) is 20.9. The minimum absolute atomic E-state index is 0.103. The van der Waals surface area contributed by atoms with Gasteiger partial charge in [-0.2, -0.15) is 5.26 Å². The van der Waals surface area contributed by atoms with E-state index in [1.165, 1.54) is 12.8 Å². The molecule has 1 aromatic carbocycles. The number of nitrogens with one attached hydrogen (secondary N) is 2. The van der Waals surface area contributed by atoms with Crippen LogP contribution in [0.3, 0.4) is 0 Å². The second-order valence-electron chi connectivity index (χ2n) is 7.80. The molecule has 1 unspecified atom stereocenters. The summed E-state index contributed by atoms with van der Waals surface area (Å²) in [6.45, 7) is 6.08. The minimum atomic E-state index is -0.188. The van der Waals surface area contributed by atoms with Gasteiger partial charge in [0.25, 0.3) is 0 Å². The highest BCUT2D eigenvalue weighted by Crippen LogP contribution is 2.37. The number of nitrogens with zero attached hydrogens (tertiary/aromatic N) is 2. The Kier molecular flexibility index (Phi) is 6.60. The van der Waals surface area contributed by atoms with Crippen LogP contribution in [-0.2, 0) is 4.79 Å². The summed E-state index contributed by atoms with van der Waals surface area (Å²) in [5, 5.41) is 26.0. The Morgan fingerprint density at radius 1 is 1.31 bits per heavy atom. The van der Waals surface area contributed by atoms with Crippen molar-refractivity contribution in [2.45, 2.75) is 65.0 Å². The zero-order valence-electron chi connectivity index (χ0n) is 17.5. The number of hydrogen-bond donors (Lipinski definition) is 3. The van der Waals surface area contributed by atoms with Crippen molar-refractivity contribution in [2.75, 3.05) is 11.9 Å². The number of amides is 1. The first-order valence-corrected chi connectivity index (χ1v) is 10.4. The molecule has 154 valence electrons. The number of nitriles is 1. The second kappa shape index (κ2) is 9.15. The Morgan fingerprint density at radius 2 is 2.00 bits per heavy atom. The third kappa shape index (κ3) is 4.30. The highest BCUT2D eigenvalue weighted by molar-refractivity contribution is 5.93. The van der Waals surface area contributed by atoms with Crippen molar-refractivity contribution in [3.63, 3.8) is 0 Å². The predicted octanol–water partition coefficient (Wildman–Crippen LogP) is 4.48. The number of carbonyl (C=O) groups is 1. The SMILES string of the molecule is CCC(NCC(=O)Nc1c(C#N)c(C)c(C)n1C1CCCC1)c1ccccc1O. The zero-order valence-corrected chi connectivity index (χ0v) is 17.5. The number of aromatic hydroxyl groups is 1. The van der Waals surface area contributed by atoms with Crippen molar-refractivity contribution in [1.29, 1.82) is 5.26 Å². The number of phenolic OH excluding ortho intramolecular Hbond substituents is 1. The van der Waals surface area contributed by atoms with Crippen LogP contribution in [0.2, 0.25) is 0 Å². The van der Waals surface area contributed by atoms with Gasteiger partial charge >= 0.3 is 0 Å². The fourth-order valence-electron chi connectivity index (χ4n) is 4.35. The van der Waals surface area contributed by atoms with E-state index in [0.717, 1.165) is 36.1 Å². The van der Waals surface area contributed by atoms with Crippen LogP contribution in [0.25, 0.3) is 0 Å². The number of benzene rings is 1. The van der Waals surface area contributed by atoms with E-state index < -0.39 is 0 Å². The maximum atomic E-state index is 12.7. The minimum Gasteiger partial charge on any atom is -0.508 e. The predicted molar refractivity (Wildman–Crippen MR) is 114 cm³/mol. The summed E-state index contributed by atoms with van der Waals surface area (Å²) in [6, 6.07) is 9.66. The Morgan fingerprint density at radius 3 is 2.62 bits per heavy atom. The van der Waals surface area contributed by atoms with E-state index in [4.69, 9.17) is 0 Å². The van der Waals surface area contributed by atoms with Crippen LogP contribution in [0, 0.1) is 25.2 Å². The van der Waals surface area contributed by atoms with Gasteiger partial charge in [-0.15, -0.1) is 0 Å². The maximum Gasteiger partial charge on any atom is 0.239 e. The summed E-state index contributed by atoms with van der Waals surface area (Å²) in [4.78, 5) is 12.7. The summed E-state index contributed by atoms with van der Waals surface area (Å²) in [5.41, 5.74) is 3.32. The van der Waals surface area contributed by atoms with Gasteiger partial charge in [0.1, 0.15) is 17.6 Å². The Bertz CT molecular complexity index is 920. The lowest BCUT2D eigenvalue weighted by atomic mass is 10.0. The van der Waals surface area contributed by atoms with Gasteiger partial charge in [0, 0.05) is 23.3 Å². The fraction of sp³-hybridized carbons (Fsp3) is 0.478. The van der Waals surface area contributed by atoms with Gasteiger partial charge in [-0.25, -0.2) is 0 Å². The smallest absolute Gasteiger partial charge is 0.239 e. The highest BCUT2D eigenvalue weighted by Gasteiger charge is 2.26. The van der Waals surface area contributed by atoms with E-state index in [-0.39, 0.29) is 24.2 Å². The summed E-state index contributed by atoms with van der Waals surface area (Å²) >= 11 is 0. The third-order valence-corrected chi connectivity index (χ3v) is 6.05. The Labute approximate surface area is 172 Å². The van der Waals surface area contributed by atoms with Crippen molar-refractivity contribution in [3.05, 3.63) is 46.6 Å². The second-order valence-corrected chi connectivity index (χ2v) is 7.80. The molecule has 3 N–H and O–H groups in total. The van der Waals surface area contributed by atoms with Crippen LogP contribution in [-0.4, -0.2) is 22.1 Å². The normalized spacial score (nSPS) is 15.2. The molecule has 3 rings (SSSR count). The van der Waals surface area contributed by atoms with Gasteiger partial charge < -0.3 is 20.3 Å². The maximum absolute atomic E-state index is 12.7. The van der Waals surface area contributed by atoms with E-state index in [0.29, 0.717) is 17.4 Å². The molecule has 1 aliphatic carbocycles. The molecular weight excluding hydrogens is 364 g/mol. The van der Waals surface area contributed by atoms with Gasteiger partial charge in [0.15, 0.2) is 0 Å². The van der Waals surface area contributed by atoms with E-state index in [1.807, 2.05) is 32.9 Å². The molecule has 1 aliphatic rings. The van der Waals surface area contributed by atoms with Crippen molar-refractivity contribution in [3.8, 4) is 11.8 Å². The molecule has 0 saturated heterocycles. The van der Waals surface area contributed by atoms with E-state index in [2.05, 4.69) is 21.3 Å². The van der Waals surface area contributed by atoms with Gasteiger partial charge in [0.2, 0.25) is 5.91 Å². The lowest BCUT2D eigenvalue weighted by molar-refractivity contribution is -0.115. The van der Waals surface area contributed by atoms with E-state index >= 15 is 0 Å². The number of rotatable bonds is 7. The van der Waals surface area contributed by atoms with Crippen LogP contribution in [0.1, 0.15) is 73.5 Å². The molecular formula is C23H30N4O2. The van der Waals surface area contributed by atoms with Gasteiger partial charge in [0.05, 0.1) is 12.1 Å². The molecule has 6 nitrogen and oxygen atoms in total. The fourth-order valence-corrected chi connectivity index (χ4v) is 4.35. The molecule has 1 fully saturated rings. The lowest BCUT2D eigenvalue weighted by Gasteiger charge is -2.21. The molecule has 1 heterocycles. The lowest BCUT2D eigenvalue weighted by Crippen LogP contribution is -2.32. The van der Waals surface area contributed by atoms with Crippen LogP contribution in [0.15, 0.2) is 24.3 Å². The average Bonchev–Trinajstić information content (AvgIpc) is 3.31. The van der Waals surface area contributed by atoms with E-state index in [1.54, 1.807) is 12.1 Å². The largest absolute Gasteiger partial charge is 0.508 e. The number of hydrogen-bond acceptors (Lipinski definition) is 4. The number of carbonyl (C=O) groups excluding carboxylic acids is 1. The molecule has 1 atom stereocenters. The van der Waals surface area contributed by atoms with Gasteiger partial charge in [-0.1, -0.05) is 38.0 Å². The monoisotopic (exact) mass is 394 g/mol. The summed E-state index contributed by atoms with van der Waals surface area (Å²) in [5.74, 6) is 0.657. The first-order valence-electron chi connectivity index (χ1n) is 10.4. The first-order chi connectivity index (χ1) is 14.0. The quantitative estimate of drug-likeness (QED) is 0.646. The van der Waals surface area contributed by atoms with Crippen LogP contribution in [0.5, 0.6) is 5.75 Å². The molecule has 1 amide bonds. The number of phenols is 1. The van der Waals surface area contributed by atoms with Gasteiger partial charge in [-0.3, -0.25) is 4.79 Å². The Balaban J connectivity index is 1.76. The number of anilines is 1. The number of aromatic nitrogens is 1. The van der Waals surface area contributed by atoms with Crippen molar-refractivity contribution in [2.24, 2.45) is 0 Å². The Hall–Kier alpha value is -2.78. The van der Waals surface area contributed by atoms with Crippen LogP contribution < -0.4 is 10.6 Å². The number of para-hydroxylation sites is 1. The standard InChI is InChI=1S/C23H30N4O2/c1-4-20(18-11-7-8-12-21(18)28)25-14-22(29)26-23-19(13-24)15(2)16(3)27(23)17-9-5-6-10-17/h7-8,11-12,17,20,25,28H,4-6,9-10,14H2,1-3H3,(H,26,29). The van der Waals surface area contributed by atoms with Gasteiger partial charge in [-0.05, 0) is 44.7 Å². The third-order valence-electron chi connectivity index (χ3n) is 6.05. The summed E-state index contributed by atoms with van der Waals surface area (Å²) < 4.78 is 2.15.